The van der Waals surface area contributed by atoms with Crippen molar-refractivity contribution in [1.29, 1.82) is 0 Å². The van der Waals surface area contributed by atoms with Crippen molar-refractivity contribution in [2.24, 2.45) is 0 Å². The van der Waals surface area contributed by atoms with Gasteiger partial charge < -0.3 is 4.90 Å². The zero-order chi connectivity index (χ0) is 16.4. The van der Waals surface area contributed by atoms with Crippen LogP contribution < -0.4 is 0 Å². The van der Waals surface area contributed by atoms with Crippen LogP contribution in [0.25, 0.3) is 5.78 Å². The predicted octanol–water partition coefficient (Wildman–Crippen LogP) is 2.46. The fourth-order valence-corrected chi connectivity index (χ4v) is 3.55. The summed E-state index contributed by atoms with van der Waals surface area (Å²) >= 11 is 0. The number of aromatic nitrogens is 4. The highest BCUT2D eigenvalue weighted by atomic mass is 16.2. The summed E-state index contributed by atoms with van der Waals surface area (Å²) in [4.78, 5) is 23.5. The Morgan fingerprint density at radius 2 is 2.00 bits per heavy atom. The summed E-state index contributed by atoms with van der Waals surface area (Å²) < 4.78 is 1.71. The molecule has 0 saturated heterocycles. The quantitative estimate of drug-likeness (QED) is 0.869. The van der Waals surface area contributed by atoms with Gasteiger partial charge in [-0.2, -0.15) is 4.98 Å². The lowest BCUT2D eigenvalue weighted by molar-refractivity contribution is -0.133. The zero-order valence-corrected chi connectivity index (χ0v) is 14.2. The molecule has 3 rings (SSSR count). The van der Waals surface area contributed by atoms with Crippen LogP contribution in [0.3, 0.4) is 0 Å². The lowest BCUT2D eigenvalue weighted by Crippen LogP contribution is -2.42. The summed E-state index contributed by atoms with van der Waals surface area (Å²) in [6, 6.07) is 2.36. The molecule has 0 radical (unpaired) electrons. The lowest BCUT2D eigenvalue weighted by Gasteiger charge is -2.33. The van der Waals surface area contributed by atoms with E-state index in [0.29, 0.717) is 17.6 Å². The highest BCUT2D eigenvalue weighted by molar-refractivity contribution is 5.78. The van der Waals surface area contributed by atoms with Crippen molar-refractivity contribution in [3.8, 4) is 0 Å². The first-order valence-electron chi connectivity index (χ1n) is 8.58. The fraction of sp³-hybridized carbons (Fsp3) is 0.647. The molecule has 2 heterocycles. The van der Waals surface area contributed by atoms with E-state index in [1.807, 2.05) is 24.8 Å². The molecule has 1 aliphatic carbocycles. The van der Waals surface area contributed by atoms with Crippen LogP contribution in [0.15, 0.2) is 6.07 Å². The molecule has 6 heteroatoms. The van der Waals surface area contributed by atoms with E-state index in [-0.39, 0.29) is 12.3 Å². The molecular formula is C17H25N5O. The lowest BCUT2D eigenvalue weighted by atomic mass is 9.94. The normalized spacial score (nSPS) is 16.0. The Kier molecular flexibility index (Phi) is 4.59. The fourth-order valence-electron chi connectivity index (χ4n) is 3.55. The van der Waals surface area contributed by atoms with Gasteiger partial charge in [0.25, 0.3) is 5.78 Å². The third-order valence-electron chi connectivity index (χ3n) is 4.65. The predicted molar refractivity (Wildman–Crippen MR) is 88.2 cm³/mol. The maximum absolute atomic E-state index is 12.7. The van der Waals surface area contributed by atoms with E-state index in [9.17, 15) is 4.79 Å². The number of amides is 1. The molecule has 0 bridgehead atoms. The van der Waals surface area contributed by atoms with Crippen molar-refractivity contribution in [2.45, 2.75) is 65.3 Å². The number of aryl methyl sites for hydroxylation is 2. The Balaban J connectivity index is 1.77. The molecule has 0 atom stereocenters. The maximum atomic E-state index is 12.7. The van der Waals surface area contributed by atoms with Gasteiger partial charge in [0.1, 0.15) is 0 Å². The van der Waals surface area contributed by atoms with Crippen molar-refractivity contribution >= 4 is 11.7 Å². The van der Waals surface area contributed by atoms with Gasteiger partial charge in [0.2, 0.25) is 5.91 Å². The second kappa shape index (κ2) is 6.64. The molecule has 23 heavy (non-hydrogen) atoms. The van der Waals surface area contributed by atoms with Gasteiger partial charge in [0.05, 0.1) is 6.42 Å². The number of fused-ring (bicyclic) bond motifs is 1. The molecule has 0 aliphatic heterocycles. The topological polar surface area (TPSA) is 63.4 Å². The number of carbonyl (C=O) groups is 1. The molecule has 124 valence electrons. The van der Waals surface area contributed by atoms with E-state index in [1.165, 1.54) is 19.3 Å². The molecule has 6 nitrogen and oxygen atoms in total. The number of carbonyl (C=O) groups excluding carboxylic acids is 1. The van der Waals surface area contributed by atoms with Crippen LogP contribution in [-0.2, 0) is 11.2 Å². The van der Waals surface area contributed by atoms with Crippen LogP contribution in [0.1, 0.15) is 56.2 Å². The average molecular weight is 315 g/mol. The summed E-state index contributed by atoms with van der Waals surface area (Å²) in [7, 11) is 0. The zero-order valence-electron chi connectivity index (χ0n) is 14.2. The van der Waals surface area contributed by atoms with Crippen molar-refractivity contribution in [2.75, 3.05) is 6.54 Å². The Morgan fingerprint density at radius 3 is 2.70 bits per heavy atom. The Bertz CT molecular complexity index is 702. The first kappa shape index (κ1) is 15.9. The molecule has 1 saturated carbocycles. The third-order valence-corrected chi connectivity index (χ3v) is 4.65. The van der Waals surface area contributed by atoms with E-state index in [2.05, 4.69) is 22.0 Å². The number of likely N-dealkylation sites (N-methyl/N-ethyl adjacent to an activating group) is 1. The molecule has 1 amide bonds. The van der Waals surface area contributed by atoms with E-state index in [1.54, 1.807) is 4.52 Å². The van der Waals surface area contributed by atoms with Crippen LogP contribution in [-0.4, -0.2) is 43.0 Å². The standard InChI is InChI=1S/C17H25N5O/c1-4-21(14-8-6-5-7-9-14)16(23)11-15-19-17-18-12(2)10-13(3)22(17)20-15/h10,14H,4-9,11H2,1-3H3. The average Bonchev–Trinajstić information content (AvgIpc) is 2.91. The highest BCUT2D eigenvalue weighted by Crippen LogP contribution is 2.23. The minimum Gasteiger partial charge on any atom is -0.340 e. The van der Waals surface area contributed by atoms with Crippen LogP contribution in [0.5, 0.6) is 0 Å². The van der Waals surface area contributed by atoms with Crippen molar-refractivity contribution < 1.29 is 4.79 Å². The minimum atomic E-state index is 0.129. The molecule has 0 spiro atoms. The molecule has 0 aromatic carbocycles. The largest absolute Gasteiger partial charge is 0.340 e. The number of rotatable bonds is 4. The SMILES string of the molecule is CCN(C(=O)Cc1nc2nc(C)cc(C)n2n1)C1CCCCC1. The van der Waals surface area contributed by atoms with Gasteiger partial charge in [0, 0.05) is 24.0 Å². The van der Waals surface area contributed by atoms with Crippen LogP contribution in [0, 0.1) is 13.8 Å². The summed E-state index contributed by atoms with van der Waals surface area (Å²) in [5.41, 5.74) is 1.90. The summed E-state index contributed by atoms with van der Waals surface area (Å²) in [6.07, 6.45) is 6.25. The molecule has 0 unspecified atom stereocenters. The highest BCUT2D eigenvalue weighted by Gasteiger charge is 2.25. The van der Waals surface area contributed by atoms with Crippen LogP contribution >= 0.6 is 0 Å². The Labute approximate surface area is 136 Å². The molecule has 0 N–H and O–H groups in total. The van der Waals surface area contributed by atoms with Gasteiger partial charge in [-0.3, -0.25) is 4.79 Å². The minimum absolute atomic E-state index is 0.129. The molecule has 1 aliphatic rings. The van der Waals surface area contributed by atoms with Crippen LogP contribution in [0.2, 0.25) is 0 Å². The molecule has 2 aromatic heterocycles. The van der Waals surface area contributed by atoms with Crippen molar-refractivity contribution in [3.05, 3.63) is 23.3 Å². The van der Waals surface area contributed by atoms with Gasteiger partial charge in [-0.25, -0.2) is 9.50 Å². The van der Waals surface area contributed by atoms with Crippen molar-refractivity contribution in [3.63, 3.8) is 0 Å². The van der Waals surface area contributed by atoms with E-state index in [0.717, 1.165) is 30.8 Å². The van der Waals surface area contributed by atoms with Crippen molar-refractivity contribution in [1.82, 2.24) is 24.5 Å². The van der Waals surface area contributed by atoms with Gasteiger partial charge in [-0.15, -0.1) is 5.10 Å². The number of hydrogen-bond donors (Lipinski definition) is 0. The summed E-state index contributed by atoms with van der Waals surface area (Å²) in [5, 5.41) is 4.45. The third kappa shape index (κ3) is 3.35. The van der Waals surface area contributed by atoms with E-state index in [4.69, 9.17) is 0 Å². The maximum Gasteiger partial charge on any atom is 0.252 e. The smallest absolute Gasteiger partial charge is 0.252 e. The van der Waals surface area contributed by atoms with Crippen LogP contribution in [0.4, 0.5) is 0 Å². The second-order valence-electron chi connectivity index (χ2n) is 6.43. The Hall–Kier alpha value is -1.98. The summed E-state index contributed by atoms with van der Waals surface area (Å²) in [5.74, 6) is 1.26. The van der Waals surface area contributed by atoms with Gasteiger partial charge in [-0.05, 0) is 39.7 Å². The molecule has 2 aromatic rings. The first-order chi connectivity index (χ1) is 11.1. The van der Waals surface area contributed by atoms with Gasteiger partial charge in [-0.1, -0.05) is 19.3 Å². The molecule has 1 fully saturated rings. The number of nitrogens with zero attached hydrogens (tertiary/aromatic N) is 5. The number of hydrogen-bond acceptors (Lipinski definition) is 4. The first-order valence-corrected chi connectivity index (χ1v) is 8.58. The Morgan fingerprint density at radius 1 is 1.26 bits per heavy atom. The summed E-state index contributed by atoms with van der Waals surface area (Å²) in [6.45, 7) is 6.72. The van der Waals surface area contributed by atoms with E-state index >= 15 is 0 Å². The van der Waals surface area contributed by atoms with Gasteiger partial charge >= 0.3 is 0 Å². The van der Waals surface area contributed by atoms with E-state index < -0.39 is 0 Å². The molecular weight excluding hydrogens is 290 g/mol. The van der Waals surface area contributed by atoms with Gasteiger partial charge in [0.15, 0.2) is 5.82 Å². The second-order valence-corrected chi connectivity index (χ2v) is 6.43. The monoisotopic (exact) mass is 315 g/mol.